The molecule has 0 aliphatic heterocycles. The van der Waals surface area contributed by atoms with Crippen LogP contribution in [0.3, 0.4) is 0 Å². The minimum atomic E-state index is -3.51. The van der Waals surface area contributed by atoms with Crippen molar-refractivity contribution in [2.75, 3.05) is 6.54 Å². The fourth-order valence-corrected chi connectivity index (χ4v) is 5.09. The van der Waals surface area contributed by atoms with Crippen LogP contribution in [0.1, 0.15) is 37.5 Å². The van der Waals surface area contributed by atoms with Gasteiger partial charge >= 0.3 is 5.97 Å². The van der Waals surface area contributed by atoms with Crippen molar-refractivity contribution in [3.8, 4) is 0 Å². The van der Waals surface area contributed by atoms with Gasteiger partial charge in [-0.15, -0.1) is 11.3 Å². The van der Waals surface area contributed by atoms with Crippen molar-refractivity contribution >= 4 is 27.3 Å². The van der Waals surface area contributed by atoms with E-state index in [2.05, 4.69) is 11.6 Å². The molecule has 1 saturated carbocycles. The first kappa shape index (κ1) is 16.5. The third-order valence-corrected chi connectivity index (χ3v) is 6.93. The molecule has 0 amide bonds. The molecule has 1 aliphatic carbocycles. The van der Waals surface area contributed by atoms with Crippen molar-refractivity contribution in [2.45, 2.75) is 43.2 Å². The molecule has 21 heavy (non-hydrogen) atoms. The lowest BCUT2D eigenvalue weighted by atomic mass is 9.83. The van der Waals surface area contributed by atoms with Gasteiger partial charge in [-0.3, -0.25) is 4.79 Å². The van der Waals surface area contributed by atoms with E-state index in [1.807, 2.05) is 0 Å². The lowest BCUT2D eigenvalue weighted by Gasteiger charge is -2.26. The van der Waals surface area contributed by atoms with E-state index in [-0.39, 0.29) is 10.6 Å². The summed E-state index contributed by atoms with van der Waals surface area (Å²) in [7, 11) is -3.51. The summed E-state index contributed by atoms with van der Waals surface area (Å²) >= 11 is 1.02. The van der Waals surface area contributed by atoms with Gasteiger partial charge in [-0.1, -0.05) is 19.8 Å². The number of rotatable bonds is 6. The molecule has 118 valence electrons. The van der Waals surface area contributed by atoms with Crippen LogP contribution in [0.15, 0.2) is 16.3 Å². The molecule has 2 rings (SSSR count). The Bertz CT molecular complexity index is 586. The summed E-state index contributed by atoms with van der Waals surface area (Å²) in [4.78, 5) is 11.2. The van der Waals surface area contributed by atoms with Crippen LogP contribution in [-0.2, 0) is 21.2 Å². The number of carboxylic acids is 1. The van der Waals surface area contributed by atoms with Crippen LogP contribution in [0.5, 0.6) is 0 Å². The summed E-state index contributed by atoms with van der Waals surface area (Å²) in [5, 5.41) is 8.72. The summed E-state index contributed by atoms with van der Waals surface area (Å²) in [6, 6.07) is 3.05. The van der Waals surface area contributed by atoms with Crippen molar-refractivity contribution in [1.29, 1.82) is 0 Å². The topological polar surface area (TPSA) is 83.5 Å². The second-order valence-corrected chi connectivity index (χ2v) is 8.93. The Morgan fingerprint density at radius 2 is 2.00 bits per heavy atom. The van der Waals surface area contributed by atoms with Gasteiger partial charge in [-0.25, -0.2) is 13.1 Å². The number of carbonyl (C=O) groups is 1. The molecule has 0 saturated heterocycles. The average Bonchev–Trinajstić information content (AvgIpc) is 2.86. The van der Waals surface area contributed by atoms with E-state index < -0.39 is 16.0 Å². The van der Waals surface area contributed by atoms with Gasteiger partial charge in [-0.05, 0) is 36.8 Å². The molecule has 1 aromatic heterocycles. The lowest BCUT2D eigenvalue weighted by molar-refractivity contribution is -0.136. The van der Waals surface area contributed by atoms with Crippen LogP contribution in [0.4, 0.5) is 0 Å². The fraction of sp³-hybridized carbons (Fsp3) is 0.643. The highest BCUT2D eigenvalue weighted by atomic mass is 32.2. The number of aliphatic carboxylic acids is 1. The zero-order chi connectivity index (χ0) is 15.5. The molecular formula is C14H21NO4S2. The Kier molecular flexibility index (Phi) is 5.40. The highest BCUT2D eigenvalue weighted by molar-refractivity contribution is 7.91. The molecule has 0 unspecified atom stereocenters. The van der Waals surface area contributed by atoms with E-state index in [0.717, 1.165) is 42.9 Å². The SMILES string of the molecule is CC1CCC(CNS(=O)(=O)c2ccc(CC(=O)O)s2)CC1. The van der Waals surface area contributed by atoms with E-state index in [1.54, 1.807) is 6.07 Å². The van der Waals surface area contributed by atoms with Gasteiger partial charge in [0.2, 0.25) is 10.0 Å². The van der Waals surface area contributed by atoms with Gasteiger partial charge in [0.1, 0.15) is 4.21 Å². The van der Waals surface area contributed by atoms with Gasteiger partial charge < -0.3 is 5.11 Å². The van der Waals surface area contributed by atoms with E-state index in [1.165, 1.54) is 6.07 Å². The zero-order valence-corrected chi connectivity index (χ0v) is 13.7. The fourth-order valence-electron chi connectivity index (χ4n) is 2.58. The van der Waals surface area contributed by atoms with Gasteiger partial charge in [0, 0.05) is 11.4 Å². The standard InChI is InChI=1S/C14H21NO4S2/c1-10-2-4-11(5-3-10)9-15-21(18,19)14-7-6-12(20-14)8-13(16)17/h6-7,10-11,15H,2-5,8-9H2,1H3,(H,16,17). The molecule has 0 bridgehead atoms. The molecule has 1 fully saturated rings. The van der Waals surface area contributed by atoms with Crippen molar-refractivity contribution in [3.05, 3.63) is 17.0 Å². The maximum Gasteiger partial charge on any atom is 0.308 e. The molecule has 1 aliphatic rings. The Morgan fingerprint density at radius 1 is 1.33 bits per heavy atom. The van der Waals surface area contributed by atoms with Gasteiger partial charge in [0.25, 0.3) is 0 Å². The van der Waals surface area contributed by atoms with E-state index in [9.17, 15) is 13.2 Å². The third-order valence-electron chi connectivity index (χ3n) is 3.92. The summed E-state index contributed by atoms with van der Waals surface area (Å²) in [6.45, 7) is 2.71. The van der Waals surface area contributed by atoms with Crippen molar-refractivity contribution < 1.29 is 18.3 Å². The van der Waals surface area contributed by atoms with Gasteiger partial charge in [0.15, 0.2) is 0 Å². The molecule has 0 aromatic carbocycles. The van der Waals surface area contributed by atoms with E-state index in [0.29, 0.717) is 17.3 Å². The Hall–Kier alpha value is -0.920. The largest absolute Gasteiger partial charge is 0.481 e. The maximum absolute atomic E-state index is 12.2. The molecule has 1 aromatic rings. The van der Waals surface area contributed by atoms with Crippen LogP contribution in [0.2, 0.25) is 0 Å². The highest BCUT2D eigenvalue weighted by Crippen LogP contribution is 2.28. The minimum absolute atomic E-state index is 0.138. The van der Waals surface area contributed by atoms with E-state index in [4.69, 9.17) is 5.11 Å². The van der Waals surface area contributed by atoms with E-state index >= 15 is 0 Å². The van der Waals surface area contributed by atoms with Crippen molar-refractivity contribution in [1.82, 2.24) is 4.72 Å². The smallest absolute Gasteiger partial charge is 0.308 e. The first-order valence-electron chi connectivity index (χ1n) is 7.17. The van der Waals surface area contributed by atoms with Crippen LogP contribution >= 0.6 is 11.3 Å². The number of hydrogen-bond donors (Lipinski definition) is 2. The first-order valence-corrected chi connectivity index (χ1v) is 9.47. The van der Waals surface area contributed by atoms with Crippen molar-refractivity contribution in [2.24, 2.45) is 11.8 Å². The monoisotopic (exact) mass is 331 g/mol. The normalized spacial score (nSPS) is 23.1. The second kappa shape index (κ2) is 6.89. The number of carboxylic acid groups (broad SMARTS) is 1. The molecule has 0 spiro atoms. The van der Waals surface area contributed by atoms with Crippen LogP contribution in [0, 0.1) is 11.8 Å². The van der Waals surface area contributed by atoms with Crippen LogP contribution in [-0.4, -0.2) is 26.0 Å². The second-order valence-electron chi connectivity index (χ2n) is 5.77. The van der Waals surface area contributed by atoms with Gasteiger partial charge in [-0.2, -0.15) is 0 Å². The lowest BCUT2D eigenvalue weighted by Crippen LogP contribution is -2.30. The van der Waals surface area contributed by atoms with Crippen LogP contribution in [0.25, 0.3) is 0 Å². The maximum atomic E-state index is 12.2. The number of sulfonamides is 1. The Balaban J connectivity index is 1.92. The highest BCUT2D eigenvalue weighted by Gasteiger charge is 2.22. The molecule has 1 heterocycles. The quantitative estimate of drug-likeness (QED) is 0.839. The molecule has 0 atom stereocenters. The van der Waals surface area contributed by atoms with Crippen molar-refractivity contribution in [3.63, 3.8) is 0 Å². The minimum Gasteiger partial charge on any atom is -0.481 e. The van der Waals surface area contributed by atoms with Crippen LogP contribution < -0.4 is 4.72 Å². The van der Waals surface area contributed by atoms with Gasteiger partial charge in [0.05, 0.1) is 6.42 Å². The zero-order valence-electron chi connectivity index (χ0n) is 12.0. The Morgan fingerprint density at radius 3 is 2.62 bits per heavy atom. The summed E-state index contributed by atoms with van der Waals surface area (Å²) in [5.41, 5.74) is 0. The predicted molar refractivity (Wildman–Crippen MR) is 82.0 cm³/mol. The average molecular weight is 331 g/mol. The number of nitrogens with one attached hydrogen (secondary N) is 1. The third kappa shape index (κ3) is 4.79. The summed E-state index contributed by atoms with van der Waals surface area (Å²) in [5.74, 6) is 0.202. The predicted octanol–water partition coefficient (Wildman–Crippen LogP) is 2.48. The summed E-state index contributed by atoms with van der Waals surface area (Å²) in [6.07, 6.45) is 4.32. The number of thiophene rings is 1. The first-order chi connectivity index (χ1) is 9.87. The molecule has 7 heteroatoms. The summed E-state index contributed by atoms with van der Waals surface area (Å²) < 4.78 is 27.2. The molecular weight excluding hydrogens is 310 g/mol. The molecule has 0 radical (unpaired) electrons. The molecule has 5 nitrogen and oxygen atoms in total. The Labute approximate surface area is 129 Å². The number of hydrogen-bond acceptors (Lipinski definition) is 4. The molecule has 2 N–H and O–H groups in total.